The average molecular weight is 217 g/mol. The van der Waals surface area contributed by atoms with Crippen LogP contribution in [0.1, 0.15) is 18.9 Å². The lowest BCUT2D eigenvalue weighted by molar-refractivity contribution is 0.414. The van der Waals surface area contributed by atoms with Crippen molar-refractivity contribution in [3.63, 3.8) is 0 Å². The minimum Gasteiger partial charge on any atom is -0.497 e. The van der Waals surface area contributed by atoms with E-state index in [4.69, 9.17) is 10.5 Å². The molecule has 16 heavy (non-hydrogen) atoms. The summed E-state index contributed by atoms with van der Waals surface area (Å²) in [5.41, 5.74) is 7.70. The molecular formula is C12H15N3O. The Morgan fingerprint density at radius 2 is 2.19 bits per heavy atom. The van der Waals surface area contributed by atoms with Crippen LogP contribution in [-0.2, 0) is 0 Å². The second-order valence-electron chi connectivity index (χ2n) is 3.91. The zero-order chi connectivity index (χ0) is 11.5. The Morgan fingerprint density at radius 1 is 1.38 bits per heavy atom. The molecule has 0 radical (unpaired) electrons. The van der Waals surface area contributed by atoms with E-state index in [1.807, 2.05) is 31.2 Å². The van der Waals surface area contributed by atoms with E-state index in [9.17, 15) is 0 Å². The van der Waals surface area contributed by atoms with Gasteiger partial charge in [-0.2, -0.15) is 5.10 Å². The Hall–Kier alpha value is -1.84. The van der Waals surface area contributed by atoms with Crippen molar-refractivity contribution in [3.8, 4) is 5.75 Å². The van der Waals surface area contributed by atoms with Crippen LogP contribution in [0.4, 0.5) is 0 Å². The normalized spacial score (nSPS) is 20.0. The van der Waals surface area contributed by atoms with E-state index >= 15 is 0 Å². The number of nitrogens with zero attached hydrogens (tertiary/aromatic N) is 2. The number of ether oxygens (including phenoxy) is 1. The molecule has 4 heteroatoms. The topological polar surface area (TPSA) is 60.0 Å². The summed E-state index contributed by atoms with van der Waals surface area (Å²) in [6.45, 7) is 2.05. The molecule has 4 nitrogen and oxygen atoms in total. The maximum absolute atomic E-state index is 5.69. The molecule has 1 aromatic rings. The van der Waals surface area contributed by atoms with Gasteiger partial charge in [-0.15, -0.1) is 5.10 Å². The van der Waals surface area contributed by atoms with Crippen molar-refractivity contribution in [2.45, 2.75) is 13.3 Å². The fourth-order valence-corrected chi connectivity index (χ4v) is 1.63. The van der Waals surface area contributed by atoms with E-state index in [0.717, 1.165) is 23.4 Å². The molecule has 84 valence electrons. The Balaban J connectivity index is 2.31. The molecule has 0 amide bonds. The second kappa shape index (κ2) is 4.35. The first-order valence-corrected chi connectivity index (χ1v) is 5.25. The fourth-order valence-electron chi connectivity index (χ4n) is 1.63. The van der Waals surface area contributed by atoms with Crippen molar-refractivity contribution in [2.24, 2.45) is 21.9 Å². The second-order valence-corrected chi connectivity index (χ2v) is 3.91. The largest absolute Gasteiger partial charge is 0.497 e. The predicted molar refractivity (Wildman–Crippen MR) is 64.9 cm³/mol. The Morgan fingerprint density at radius 3 is 2.88 bits per heavy atom. The molecule has 1 aromatic carbocycles. The van der Waals surface area contributed by atoms with E-state index in [0.29, 0.717) is 5.84 Å². The van der Waals surface area contributed by atoms with Crippen LogP contribution in [0, 0.1) is 5.92 Å². The third kappa shape index (κ3) is 2.05. The van der Waals surface area contributed by atoms with E-state index in [1.165, 1.54) is 0 Å². The molecule has 1 heterocycles. The highest BCUT2D eigenvalue weighted by molar-refractivity contribution is 6.04. The zero-order valence-corrected chi connectivity index (χ0v) is 9.47. The van der Waals surface area contributed by atoms with Gasteiger partial charge in [0.05, 0.1) is 12.8 Å². The summed E-state index contributed by atoms with van der Waals surface area (Å²) in [6, 6.07) is 7.82. The van der Waals surface area contributed by atoms with Gasteiger partial charge in [0, 0.05) is 17.9 Å². The number of hydrogen-bond donors (Lipinski definition) is 1. The Labute approximate surface area is 94.8 Å². The zero-order valence-electron chi connectivity index (χ0n) is 9.47. The molecule has 0 saturated heterocycles. The Kier molecular flexibility index (Phi) is 2.90. The van der Waals surface area contributed by atoms with Gasteiger partial charge in [-0.25, -0.2) is 0 Å². The third-order valence-corrected chi connectivity index (χ3v) is 2.69. The number of hydrogen-bond acceptors (Lipinski definition) is 4. The monoisotopic (exact) mass is 217 g/mol. The standard InChI is InChI=1S/C12H15N3O/c1-8-6-11(14-15-12(8)13)9-4-3-5-10(7-9)16-2/h3-5,7-8H,6H2,1-2H3,(H2,13,15). The van der Waals surface area contributed by atoms with Crippen molar-refractivity contribution in [2.75, 3.05) is 7.11 Å². The van der Waals surface area contributed by atoms with Crippen LogP contribution in [-0.4, -0.2) is 18.7 Å². The summed E-state index contributed by atoms with van der Waals surface area (Å²) < 4.78 is 5.18. The highest BCUT2D eigenvalue weighted by Gasteiger charge is 2.17. The highest BCUT2D eigenvalue weighted by Crippen LogP contribution is 2.19. The number of rotatable bonds is 2. The molecule has 1 unspecified atom stereocenters. The van der Waals surface area contributed by atoms with Crippen LogP contribution >= 0.6 is 0 Å². The Bertz CT molecular complexity index is 451. The molecule has 0 aliphatic carbocycles. The van der Waals surface area contributed by atoms with Gasteiger partial charge in [0.25, 0.3) is 0 Å². The number of benzene rings is 1. The quantitative estimate of drug-likeness (QED) is 0.821. The molecule has 1 atom stereocenters. The summed E-state index contributed by atoms with van der Waals surface area (Å²) in [7, 11) is 1.65. The highest BCUT2D eigenvalue weighted by atomic mass is 16.5. The SMILES string of the molecule is COc1cccc(C2=NN=C(N)C(C)C2)c1. The lowest BCUT2D eigenvalue weighted by Crippen LogP contribution is -2.26. The van der Waals surface area contributed by atoms with Gasteiger partial charge < -0.3 is 10.5 Å². The first kappa shape index (κ1) is 10.7. The van der Waals surface area contributed by atoms with Gasteiger partial charge in [0.2, 0.25) is 0 Å². The van der Waals surface area contributed by atoms with Crippen molar-refractivity contribution in [1.29, 1.82) is 0 Å². The van der Waals surface area contributed by atoms with Gasteiger partial charge in [-0.3, -0.25) is 0 Å². The van der Waals surface area contributed by atoms with Gasteiger partial charge in [0.1, 0.15) is 11.6 Å². The molecule has 0 spiro atoms. The van der Waals surface area contributed by atoms with Gasteiger partial charge >= 0.3 is 0 Å². The summed E-state index contributed by atoms with van der Waals surface area (Å²) in [4.78, 5) is 0. The van der Waals surface area contributed by atoms with Crippen LogP contribution in [0.2, 0.25) is 0 Å². The maximum atomic E-state index is 5.69. The summed E-state index contributed by atoms with van der Waals surface area (Å²) >= 11 is 0. The first-order valence-electron chi connectivity index (χ1n) is 5.25. The molecule has 1 aliphatic rings. The maximum Gasteiger partial charge on any atom is 0.125 e. The number of methoxy groups -OCH3 is 1. The predicted octanol–water partition coefficient (Wildman–Crippen LogP) is 1.80. The minimum atomic E-state index is 0.249. The van der Waals surface area contributed by atoms with E-state index in [-0.39, 0.29) is 5.92 Å². The summed E-state index contributed by atoms with van der Waals surface area (Å²) in [5, 5.41) is 8.10. The number of nitrogens with two attached hydrogens (primary N) is 1. The van der Waals surface area contributed by atoms with E-state index in [1.54, 1.807) is 7.11 Å². The van der Waals surface area contributed by atoms with Gasteiger partial charge in [-0.05, 0) is 12.1 Å². The molecule has 1 aliphatic heterocycles. The van der Waals surface area contributed by atoms with E-state index < -0.39 is 0 Å². The van der Waals surface area contributed by atoms with Crippen LogP contribution in [0.5, 0.6) is 5.75 Å². The van der Waals surface area contributed by atoms with Crippen molar-refractivity contribution < 1.29 is 4.74 Å². The first-order chi connectivity index (χ1) is 7.70. The minimum absolute atomic E-state index is 0.249. The molecule has 2 N–H and O–H groups in total. The van der Waals surface area contributed by atoms with Gasteiger partial charge in [0.15, 0.2) is 0 Å². The van der Waals surface area contributed by atoms with Gasteiger partial charge in [-0.1, -0.05) is 19.1 Å². The van der Waals surface area contributed by atoms with Crippen LogP contribution in [0.25, 0.3) is 0 Å². The number of amidine groups is 1. The molecule has 0 bridgehead atoms. The summed E-state index contributed by atoms with van der Waals surface area (Å²) in [6.07, 6.45) is 0.822. The molecule has 2 rings (SSSR count). The summed E-state index contributed by atoms with van der Waals surface area (Å²) in [5.74, 6) is 1.68. The smallest absolute Gasteiger partial charge is 0.125 e. The molecule has 0 fully saturated rings. The molecule has 0 saturated carbocycles. The van der Waals surface area contributed by atoms with Crippen molar-refractivity contribution >= 4 is 11.5 Å². The van der Waals surface area contributed by atoms with Crippen LogP contribution < -0.4 is 10.5 Å². The van der Waals surface area contributed by atoms with Crippen LogP contribution in [0.15, 0.2) is 34.5 Å². The molecular weight excluding hydrogens is 202 g/mol. The van der Waals surface area contributed by atoms with Crippen molar-refractivity contribution in [1.82, 2.24) is 0 Å². The third-order valence-electron chi connectivity index (χ3n) is 2.69. The van der Waals surface area contributed by atoms with E-state index in [2.05, 4.69) is 10.2 Å². The van der Waals surface area contributed by atoms with Crippen molar-refractivity contribution in [3.05, 3.63) is 29.8 Å². The average Bonchev–Trinajstić information content (AvgIpc) is 2.33. The van der Waals surface area contributed by atoms with Crippen LogP contribution in [0.3, 0.4) is 0 Å². The fraction of sp³-hybridized carbons (Fsp3) is 0.333. The lowest BCUT2D eigenvalue weighted by atomic mass is 9.97. The lowest BCUT2D eigenvalue weighted by Gasteiger charge is -2.16. The molecule has 0 aromatic heterocycles.